The molecule has 1 aromatic heterocycles. The lowest BCUT2D eigenvalue weighted by Gasteiger charge is -2.35. The van der Waals surface area contributed by atoms with Gasteiger partial charge >= 0.3 is 5.97 Å². The number of β-amino-alcohol motifs (C(OH)–C–C–N with tert-alkyl or cyclic N) is 1. The molecule has 17 nitrogen and oxygen atoms in total. The number of imide groups is 1. The van der Waals surface area contributed by atoms with Crippen LogP contribution in [-0.2, 0) is 59.1 Å². The fourth-order valence-corrected chi connectivity index (χ4v) is 6.71. The average molecular weight is 804 g/mol. The number of hydrogen-bond acceptors (Lipinski definition) is 14. The van der Waals surface area contributed by atoms with Gasteiger partial charge in [0, 0.05) is 38.8 Å². The van der Waals surface area contributed by atoms with E-state index < -0.39 is 47.3 Å². The highest BCUT2D eigenvalue weighted by molar-refractivity contribution is 7.13. The van der Waals surface area contributed by atoms with Gasteiger partial charge < -0.3 is 44.4 Å². The Balaban J connectivity index is 1.07. The molecule has 0 bridgehead atoms. The highest BCUT2D eigenvalue weighted by atomic mass is 32.1. The third-order valence-corrected chi connectivity index (χ3v) is 9.93. The fourth-order valence-electron chi connectivity index (χ4n) is 5.90. The van der Waals surface area contributed by atoms with Gasteiger partial charge in [-0.2, -0.15) is 0 Å². The van der Waals surface area contributed by atoms with Crippen molar-refractivity contribution in [2.45, 2.75) is 84.5 Å². The summed E-state index contributed by atoms with van der Waals surface area (Å²) in [5, 5.41) is 16.7. The number of nitrogens with one attached hydrogen (secondary N) is 2. The Labute approximate surface area is 330 Å². The molecular weight excluding hydrogens is 751 g/mol. The average Bonchev–Trinajstić information content (AvgIpc) is 3.86. The van der Waals surface area contributed by atoms with E-state index in [1.54, 1.807) is 16.8 Å². The molecule has 3 atom stereocenters. The number of thiazole rings is 1. The summed E-state index contributed by atoms with van der Waals surface area (Å²) in [6, 6.07) is 6.00. The molecule has 2 saturated heterocycles. The number of hydrogen-bond donors (Lipinski definition) is 3. The quantitative estimate of drug-likeness (QED) is 0.114. The van der Waals surface area contributed by atoms with Crippen molar-refractivity contribution in [1.29, 1.82) is 0 Å². The number of aromatic nitrogens is 1. The van der Waals surface area contributed by atoms with Crippen LogP contribution in [0.4, 0.5) is 0 Å². The minimum absolute atomic E-state index is 0.00307. The molecule has 0 spiro atoms. The molecule has 3 N–H and O–H groups in total. The molecule has 56 heavy (non-hydrogen) atoms. The van der Waals surface area contributed by atoms with Gasteiger partial charge in [0.25, 0.3) is 11.8 Å². The Morgan fingerprint density at radius 2 is 1.46 bits per heavy atom. The minimum atomic E-state index is -0.942. The zero-order valence-electron chi connectivity index (χ0n) is 32.4. The SMILES string of the molecule is Cc1ncsc1-c1ccc(CNC(=O)[C@@H]2C[C@@H](O)CN2C(=O)[C@@H](NC(=O)CCOCCOCCOCCOCCC(=O)ON2C(=O)CCC2=O)C(C)(C)C)cc1. The van der Waals surface area contributed by atoms with Crippen molar-refractivity contribution in [1.82, 2.24) is 25.6 Å². The summed E-state index contributed by atoms with van der Waals surface area (Å²) in [6.07, 6.45) is -0.826. The highest BCUT2D eigenvalue weighted by Crippen LogP contribution is 2.28. The maximum atomic E-state index is 13.8. The summed E-state index contributed by atoms with van der Waals surface area (Å²) in [4.78, 5) is 86.2. The lowest BCUT2D eigenvalue weighted by atomic mass is 9.85. The molecule has 2 aromatic rings. The summed E-state index contributed by atoms with van der Waals surface area (Å²) in [5.41, 5.74) is 4.01. The predicted octanol–water partition coefficient (Wildman–Crippen LogP) is 1.68. The molecule has 3 heterocycles. The zero-order chi connectivity index (χ0) is 40.7. The third kappa shape index (κ3) is 13.7. The number of hydroxylamine groups is 2. The van der Waals surface area contributed by atoms with Gasteiger partial charge in [0.2, 0.25) is 17.7 Å². The summed E-state index contributed by atoms with van der Waals surface area (Å²) < 4.78 is 21.7. The van der Waals surface area contributed by atoms with Crippen LogP contribution in [0, 0.1) is 12.3 Å². The molecule has 308 valence electrons. The highest BCUT2D eigenvalue weighted by Gasteiger charge is 2.44. The monoisotopic (exact) mass is 803 g/mol. The summed E-state index contributed by atoms with van der Waals surface area (Å²) in [5.74, 6) is -3.01. The van der Waals surface area contributed by atoms with Crippen molar-refractivity contribution in [3.05, 3.63) is 41.0 Å². The van der Waals surface area contributed by atoms with E-state index in [0.717, 1.165) is 21.7 Å². The number of ether oxygens (including phenoxy) is 4. The largest absolute Gasteiger partial charge is 0.391 e. The Morgan fingerprint density at radius 1 is 0.893 bits per heavy atom. The standard InChI is InChI=1S/C38H53N5O12S/c1-25-34(56-24-40-25)27-7-5-26(6-8-27)22-39-36(49)29-21-28(44)23-42(29)37(50)35(38(2,3)4)41-30(45)11-13-51-15-17-53-19-20-54-18-16-52-14-12-33(48)55-43-31(46)9-10-32(43)47/h5-8,24,28-29,35,44H,9-23H2,1-4H3,(H,39,49)(H,41,45)/t28-,29+,35-/m1/s1. The Hall–Kier alpha value is -4.33. The van der Waals surface area contributed by atoms with Crippen LogP contribution in [0.5, 0.6) is 0 Å². The van der Waals surface area contributed by atoms with Crippen LogP contribution in [0.15, 0.2) is 29.8 Å². The molecule has 0 unspecified atom stereocenters. The Morgan fingerprint density at radius 3 is 2.02 bits per heavy atom. The smallest absolute Gasteiger partial charge is 0.335 e. The summed E-state index contributed by atoms with van der Waals surface area (Å²) in [6.45, 7) is 9.41. The third-order valence-electron chi connectivity index (χ3n) is 8.95. The van der Waals surface area contributed by atoms with Crippen LogP contribution in [0.25, 0.3) is 10.4 Å². The van der Waals surface area contributed by atoms with Crippen LogP contribution in [-0.4, -0.2) is 133 Å². The molecule has 18 heteroatoms. The van der Waals surface area contributed by atoms with Gasteiger partial charge in [0.15, 0.2) is 0 Å². The number of nitrogens with zero attached hydrogens (tertiary/aromatic N) is 3. The van der Waals surface area contributed by atoms with E-state index in [1.165, 1.54) is 4.90 Å². The van der Waals surface area contributed by atoms with E-state index in [0.29, 0.717) is 18.3 Å². The van der Waals surface area contributed by atoms with Crippen molar-refractivity contribution in [2.24, 2.45) is 5.41 Å². The zero-order valence-corrected chi connectivity index (χ0v) is 33.2. The van der Waals surface area contributed by atoms with Crippen molar-refractivity contribution in [2.75, 3.05) is 59.4 Å². The van der Waals surface area contributed by atoms with Crippen LogP contribution >= 0.6 is 11.3 Å². The fraction of sp³-hybridized carbons (Fsp3) is 0.605. The van der Waals surface area contributed by atoms with Crippen molar-refractivity contribution >= 4 is 46.8 Å². The van der Waals surface area contributed by atoms with Crippen molar-refractivity contribution in [3.63, 3.8) is 0 Å². The number of likely N-dealkylation sites (tertiary alicyclic amines) is 1. The number of benzene rings is 1. The molecule has 2 aliphatic heterocycles. The van der Waals surface area contributed by atoms with Crippen LogP contribution in [0.1, 0.15) is 64.1 Å². The Bertz CT molecular complexity index is 1630. The Kier molecular flexibility index (Phi) is 17.3. The van der Waals surface area contributed by atoms with Gasteiger partial charge in [0.1, 0.15) is 12.1 Å². The molecule has 2 aliphatic rings. The predicted molar refractivity (Wildman–Crippen MR) is 201 cm³/mol. The van der Waals surface area contributed by atoms with Crippen LogP contribution in [0.2, 0.25) is 0 Å². The normalized spacial score (nSPS) is 17.7. The molecule has 0 aliphatic carbocycles. The number of carbonyl (C=O) groups is 6. The van der Waals surface area contributed by atoms with E-state index in [2.05, 4.69) is 15.6 Å². The maximum absolute atomic E-state index is 13.8. The van der Waals surface area contributed by atoms with Gasteiger partial charge in [0.05, 0.1) is 81.5 Å². The molecular formula is C38H53N5O12S. The van der Waals surface area contributed by atoms with E-state index in [4.69, 9.17) is 23.8 Å². The van der Waals surface area contributed by atoms with E-state index >= 15 is 0 Å². The first-order chi connectivity index (χ1) is 26.7. The first-order valence-electron chi connectivity index (χ1n) is 18.7. The van der Waals surface area contributed by atoms with E-state index in [1.807, 2.05) is 52.0 Å². The summed E-state index contributed by atoms with van der Waals surface area (Å²) in [7, 11) is 0. The number of carbonyl (C=O) groups excluding carboxylic acids is 6. The topological polar surface area (TPSA) is 212 Å². The molecule has 1 aromatic carbocycles. The van der Waals surface area contributed by atoms with Gasteiger partial charge in [-0.3, -0.25) is 24.0 Å². The first kappa shape index (κ1) is 44.4. The summed E-state index contributed by atoms with van der Waals surface area (Å²) >= 11 is 1.56. The first-order valence-corrected chi connectivity index (χ1v) is 19.5. The lowest BCUT2D eigenvalue weighted by molar-refractivity contribution is -0.198. The molecule has 0 radical (unpaired) electrons. The number of aliphatic hydroxyl groups is 1. The second-order valence-electron chi connectivity index (χ2n) is 14.4. The van der Waals surface area contributed by atoms with Crippen molar-refractivity contribution in [3.8, 4) is 10.4 Å². The van der Waals surface area contributed by atoms with Crippen molar-refractivity contribution < 1.29 is 57.7 Å². The molecule has 2 fully saturated rings. The van der Waals surface area contributed by atoms with Gasteiger partial charge in [-0.05, 0) is 23.5 Å². The minimum Gasteiger partial charge on any atom is -0.391 e. The lowest BCUT2D eigenvalue weighted by Crippen LogP contribution is -2.57. The van der Waals surface area contributed by atoms with Gasteiger partial charge in [-0.15, -0.1) is 16.4 Å². The molecule has 0 saturated carbocycles. The number of amides is 5. The maximum Gasteiger partial charge on any atom is 0.335 e. The van der Waals surface area contributed by atoms with E-state index in [9.17, 15) is 33.9 Å². The van der Waals surface area contributed by atoms with Gasteiger partial charge in [-0.1, -0.05) is 45.0 Å². The molecule has 4 rings (SSSR count). The number of rotatable bonds is 22. The number of aliphatic hydroxyl groups excluding tert-OH is 1. The van der Waals surface area contributed by atoms with Crippen LogP contribution in [0.3, 0.4) is 0 Å². The number of aryl methyl sites for hydroxylation is 1. The van der Waals surface area contributed by atoms with Gasteiger partial charge in [-0.25, -0.2) is 9.78 Å². The second kappa shape index (κ2) is 21.8. The van der Waals surface area contributed by atoms with E-state index in [-0.39, 0.29) is 96.6 Å². The second-order valence-corrected chi connectivity index (χ2v) is 15.3. The molecule has 5 amide bonds. The van der Waals surface area contributed by atoms with Crippen LogP contribution < -0.4 is 10.6 Å².